The van der Waals surface area contributed by atoms with E-state index in [0.717, 1.165) is 11.3 Å². The van der Waals surface area contributed by atoms with Gasteiger partial charge >= 0.3 is 0 Å². The van der Waals surface area contributed by atoms with Gasteiger partial charge in [0.25, 0.3) is 5.91 Å². The summed E-state index contributed by atoms with van der Waals surface area (Å²) in [7, 11) is 0. The number of ketones is 1. The van der Waals surface area contributed by atoms with Crippen molar-refractivity contribution in [2.45, 2.75) is 44.9 Å². The molecule has 0 radical (unpaired) electrons. The van der Waals surface area contributed by atoms with Gasteiger partial charge in [0.05, 0.1) is 6.10 Å². The van der Waals surface area contributed by atoms with Gasteiger partial charge < -0.3 is 15.0 Å². The zero-order valence-corrected chi connectivity index (χ0v) is 17.7. The van der Waals surface area contributed by atoms with E-state index in [1.165, 1.54) is 11.5 Å². The normalized spacial score (nSPS) is 21.7. The Morgan fingerprint density at radius 2 is 2.07 bits per heavy atom. The molecule has 9 heteroatoms. The lowest BCUT2D eigenvalue weighted by atomic mass is 10.0. The molecule has 0 spiro atoms. The molecule has 2 amide bonds. The van der Waals surface area contributed by atoms with Gasteiger partial charge in [0, 0.05) is 23.1 Å². The molecular weight excluding hydrogens is 404 g/mol. The van der Waals surface area contributed by atoms with Gasteiger partial charge in [0.2, 0.25) is 5.91 Å². The maximum atomic E-state index is 13.2. The fourth-order valence-corrected chi connectivity index (χ4v) is 4.52. The third-order valence-corrected chi connectivity index (χ3v) is 6.01. The van der Waals surface area contributed by atoms with Crippen LogP contribution in [0.5, 0.6) is 0 Å². The van der Waals surface area contributed by atoms with E-state index in [2.05, 4.69) is 14.9 Å². The van der Waals surface area contributed by atoms with Crippen molar-refractivity contribution in [3.8, 4) is 11.3 Å². The summed E-state index contributed by atoms with van der Waals surface area (Å²) in [5.74, 6) is -0.393. The van der Waals surface area contributed by atoms with Crippen LogP contribution in [0.25, 0.3) is 11.3 Å². The predicted molar refractivity (Wildman–Crippen MR) is 111 cm³/mol. The monoisotopic (exact) mass is 428 g/mol. The molecule has 1 aromatic heterocycles. The number of hydrogen-bond acceptors (Lipinski definition) is 7. The van der Waals surface area contributed by atoms with Crippen molar-refractivity contribution in [3.05, 3.63) is 35.2 Å². The highest BCUT2D eigenvalue weighted by Gasteiger charge is 2.48. The average Bonchev–Trinajstić information content (AvgIpc) is 3.46. The minimum absolute atomic E-state index is 0.0567. The van der Waals surface area contributed by atoms with Gasteiger partial charge in [-0.3, -0.25) is 14.4 Å². The summed E-state index contributed by atoms with van der Waals surface area (Å²) in [4.78, 5) is 39.8. The standard InChI is InChI=1S/C21H24N4O4S/c1-12(2)9-15(21(28)25-8-7-18-19(25)17(26)10-29-18)22-20(27)14-5-3-13(4-6-14)16-11-30-24-23-16/h3-6,11-12,15,18-19H,7-10H2,1-2H3,(H,22,27). The highest BCUT2D eigenvalue weighted by Crippen LogP contribution is 2.28. The number of nitrogens with one attached hydrogen (secondary N) is 1. The number of carbonyl (C=O) groups excluding carboxylic acids is 3. The van der Waals surface area contributed by atoms with E-state index < -0.39 is 12.1 Å². The zero-order valence-electron chi connectivity index (χ0n) is 16.9. The minimum Gasteiger partial charge on any atom is -0.368 e. The molecule has 3 heterocycles. The molecule has 4 rings (SSSR count). The molecule has 1 aromatic carbocycles. The number of fused-ring (bicyclic) bond motifs is 1. The first-order valence-corrected chi connectivity index (χ1v) is 10.9. The molecule has 0 saturated carbocycles. The van der Waals surface area contributed by atoms with Gasteiger partial charge in [-0.05, 0) is 42.4 Å². The maximum Gasteiger partial charge on any atom is 0.251 e. The smallest absolute Gasteiger partial charge is 0.251 e. The number of rotatable bonds is 6. The summed E-state index contributed by atoms with van der Waals surface area (Å²) in [5.41, 5.74) is 2.09. The van der Waals surface area contributed by atoms with Crippen LogP contribution >= 0.6 is 11.5 Å². The van der Waals surface area contributed by atoms with Gasteiger partial charge in [0.1, 0.15) is 24.4 Å². The van der Waals surface area contributed by atoms with Crippen LogP contribution in [0.2, 0.25) is 0 Å². The molecule has 30 heavy (non-hydrogen) atoms. The van der Waals surface area contributed by atoms with Crippen molar-refractivity contribution in [1.29, 1.82) is 0 Å². The Hall–Kier alpha value is -2.65. The Kier molecular flexibility index (Phi) is 5.92. The van der Waals surface area contributed by atoms with Gasteiger partial charge in [-0.2, -0.15) is 0 Å². The summed E-state index contributed by atoms with van der Waals surface area (Å²) >= 11 is 1.27. The molecule has 0 aliphatic carbocycles. The summed E-state index contributed by atoms with van der Waals surface area (Å²) in [5, 5.41) is 8.74. The van der Waals surface area contributed by atoms with Crippen molar-refractivity contribution in [3.63, 3.8) is 0 Å². The summed E-state index contributed by atoms with van der Waals surface area (Å²) in [6.45, 7) is 4.53. The topological polar surface area (TPSA) is 101 Å². The number of likely N-dealkylation sites (tertiary alicyclic amines) is 1. The second-order valence-corrected chi connectivity index (χ2v) is 8.71. The van der Waals surface area contributed by atoms with Gasteiger partial charge in [-0.1, -0.05) is 30.5 Å². The first kappa shape index (κ1) is 20.6. The van der Waals surface area contributed by atoms with Crippen molar-refractivity contribution in [1.82, 2.24) is 19.8 Å². The lowest BCUT2D eigenvalue weighted by Gasteiger charge is -2.28. The second-order valence-electron chi connectivity index (χ2n) is 8.10. The van der Waals surface area contributed by atoms with E-state index in [1.807, 2.05) is 31.4 Å². The molecule has 2 fully saturated rings. The van der Waals surface area contributed by atoms with Crippen molar-refractivity contribution in [2.24, 2.45) is 5.92 Å². The third-order valence-electron chi connectivity index (χ3n) is 5.51. The molecule has 1 N–H and O–H groups in total. The van der Waals surface area contributed by atoms with Crippen molar-refractivity contribution in [2.75, 3.05) is 13.2 Å². The lowest BCUT2D eigenvalue weighted by molar-refractivity contribution is -0.138. The third kappa shape index (κ3) is 4.13. The highest BCUT2D eigenvalue weighted by atomic mass is 32.1. The highest BCUT2D eigenvalue weighted by molar-refractivity contribution is 7.03. The van der Waals surface area contributed by atoms with E-state index >= 15 is 0 Å². The lowest BCUT2D eigenvalue weighted by Crippen LogP contribution is -2.52. The van der Waals surface area contributed by atoms with Gasteiger partial charge in [0.15, 0.2) is 5.78 Å². The number of hydrogen-bond donors (Lipinski definition) is 1. The SMILES string of the molecule is CC(C)CC(NC(=O)c1ccc(-c2csnn2)cc1)C(=O)N1CCC2OCC(=O)C21. The zero-order chi connectivity index (χ0) is 21.3. The molecule has 158 valence electrons. The Morgan fingerprint density at radius 3 is 2.73 bits per heavy atom. The maximum absolute atomic E-state index is 13.2. The Labute approximate surface area is 178 Å². The Morgan fingerprint density at radius 1 is 1.30 bits per heavy atom. The molecule has 8 nitrogen and oxygen atoms in total. The van der Waals surface area contributed by atoms with Crippen LogP contribution in [-0.2, 0) is 14.3 Å². The number of carbonyl (C=O) groups is 3. The van der Waals surface area contributed by atoms with Crippen LogP contribution in [0.4, 0.5) is 0 Å². The number of nitrogens with zero attached hydrogens (tertiary/aromatic N) is 3. The van der Waals surface area contributed by atoms with Crippen LogP contribution in [0, 0.1) is 5.92 Å². The fraction of sp³-hybridized carbons (Fsp3) is 0.476. The molecule has 2 saturated heterocycles. The summed E-state index contributed by atoms with van der Waals surface area (Å²) in [6, 6.07) is 5.83. The molecule has 2 aliphatic rings. The molecular formula is C21H24N4O4S. The van der Waals surface area contributed by atoms with E-state index in [4.69, 9.17) is 4.74 Å². The van der Waals surface area contributed by atoms with Crippen LogP contribution in [-0.4, -0.2) is 63.4 Å². The molecule has 3 atom stereocenters. The Balaban J connectivity index is 1.48. The van der Waals surface area contributed by atoms with E-state index in [-0.39, 0.29) is 36.2 Å². The number of aromatic nitrogens is 2. The quantitative estimate of drug-likeness (QED) is 0.754. The largest absolute Gasteiger partial charge is 0.368 e. The number of ether oxygens (including phenoxy) is 1. The van der Waals surface area contributed by atoms with Crippen LogP contribution in [0.1, 0.15) is 37.0 Å². The fourth-order valence-electron chi connectivity index (χ4n) is 4.06. The Bertz CT molecular complexity index is 929. The second kappa shape index (κ2) is 8.61. The van der Waals surface area contributed by atoms with Crippen LogP contribution < -0.4 is 5.32 Å². The molecule has 3 unspecified atom stereocenters. The van der Waals surface area contributed by atoms with Crippen LogP contribution in [0.15, 0.2) is 29.6 Å². The predicted octanol–water partition coefficient (Wildman–Crippen LogP) is 1.92. The van der Waals surface area contributed by atoms with Gasteiger partial charge in [-0.25, -0.2) is 0 Å². The summed E-state index contributed by atoms with van der Waals surface area (Å²) < 4.78 is 9.33. The van der Waals surface area contributed by atoms with E-state index in [0.29, 0.717) is 24.9 Å². The number of amides is 2. The van der Waals surface area contributed by atoms with E-state index in [1.54, 1.807) is 17.0 Å². The molecule has 2 aliphatic heterocycles. The first-order valence-electron chi connectivity index (χ1n) is 10.1. The minimum atomic E-state index is -0.688. The number of benzene rings is 1. The molecule has 0 bridgehead atoms. The van der Waals surface area contributed by atoms with E-state index in [9.17, 15) is 14.4 Å². The van der Waals surface area contributed by atoms with Crippen molar-refractivity contribution >= 4 is 29.1 Å². The van der Waals surface area contributed by atoms with Crippen LogP contribution in [0.3, 0.4) is 0 Å². The number of Topliss-reactive ketones (excluding diaryl/α,β-unsaturated/α-hetero) is 1. The van der Waals surface area contributed by atoms with Gasteiger partial charge in [-0.15, -0.1) is 5.10 Å². The first-order chi connectivity index (χ1) is 14.4. The summed E-state index contributed by atoms with van der Waals surface area (Å²) in [6.07, 6.45) is 0.928. The molecule has 2 aromatic rings. The van der Waals surface area contributed by atoms with Crippen molar-refractivity contribution < 1.29 is 19.1 Å². The average molecular weight is 429 g/mol.